The Labute approximate surface area is 136 Å². The highest BCUT2D eigenvalue weighted by molar-refractivity contribution is 9.10. The molecule has 0 saturated carbocycles. The Hall–Kier alpha value is -1.33. The molecule has 0 unspecified atom stereocenters. The predicted molar refractivity (Wildman–Crippen MR) is 86.4 cm³/mol. The van der Waals surface area contributed by atoms with Gasteiger partial charge in [-0.1, -0.05) is 38.4 Å². The zero-order valence-electron chi connectivity index (χ0n) is 12.0. The molecule has 0 atom stereocenters. The minimum Gasteiger partial charge on any atom is -0.476 e. The number of hydrogen-bond donors (Lipinski definition) is 1. The second kappa shape index (κ2) is 5.81. The third-order valence-electron chi connectivity index (χ3n) is 2.85. The van der Waals surface area contributed by atoms with E-state index >= 15 is 0 Å². The fourth-order valence-corrected chi connectivity index (χ4v) is 2.90. The van der Waals surface area contributed by atoms with Crippen LogP contribution in [0.4, 0.5) is 0 Å². The molecule has 2 aromatic rings. The first-order valence-electron chi connectivity index (χ1n) is 6.45. The molecular weight excluding hydrogens is 356 g/mol. The Kier molecular flexibility index (Phi) is 4.44. The molecule has 1 heterocycles. The lowest BCUT2D eigenvalue weighted by molar-refractivity contribution is 0.0689. The van der Waals surface area contributed by atoms with Gasteiger partial charge in [-0.15, -0.1) is 0 Å². The first-order chi connectivity index (χ1) is 9.69. The summed E-state index contributed by atoms with van der Waals surface area (Å²) in [5, 5.41) is 9.86. The normalized spacial score (nSPS) is 11.7. The standard InChI is InChI=1S/C15H16BrClN2O2/c1-15(2,3)8-11-18-12(14(20)21)13(16)19(11)10-6-4-5-9(17)7-10/h4-7H,8H2,1-3H3,(H,20,21). The first kappa shape index (κ1) is 16.0. The molecule has 0 fully saturated rings. The highest BCUT2D eigenvalue weighted by Crippen LogP contribution is 2.29. The molecule has 0 spiro atoms. The maximum Gasteiger partial charge on any atom is 0.357 e. The van der Waals surface area contributed by atoms with E-state index in [-0.39, 0.29) is 11.1 Å². The fraction of sp³-hybridized carbons (Fsp3) is 0.333. The van der Waals surface area contributed by atoms with Crippen LogP contribution >= 0.6 is 27.5 Å². The summed E-state index contributed by atoms with van der Waals surface area (Å²) in [6.45, 7) is 6.25. The van der Waals surface area contributed by atoms with E-state index < -0.39 is 5.97 Å². The van der Waals surface area contributed by atoms with E-state index in [1.54, 1.807) is 16.7 Å². The molecule has 6 heteroatoms. The summed E-state index contributed by atoms with van der Waals surface area (Å²) >= 11 is 9.38. The SMILES string of the molecule is CC(C)(C)Cc1nc(C(=O)O)c(Br)n1-c1cccc(Cl)c1. The van der Waals surface area contributed by atoms with Crippen molar-refractivity contribution < 1.29 is 9.90 Å². The Balaban J connectivity index is 2.64. The average molecular weight is 372 g/mol. The lowest BCUT2D eigenvalue weighted by atomic mass is 9.92. The third-order valence-corrected chi connectivity index (χ3v) is 3.81. The van der Waals surface area contributed by atoms with Gasteiger partial charge in [-0.3, -0.25) is 4.57 Å². The highest BCUT2D eigenvalue weighted by Gasteiger charge is 2.24. The van der Waals surface area contributed by atoms with Gasteiger partial charge in [0.25, 0.3) is 0 Å². The molecule has 0 saturated heterocycles. The number of carboxylic acid groups (broad SMARTS) is 1. The van der Waals surface area contributed by atoms with Crippen LogP contribution in [0, 0.1) is 5.41 Å². The Bertz CT molecular complexity index is 689. The number of rotatable bonds is 3. The monoisotopic (exact) mass is 370 g/mol. The highest BCUT2D eigenvalue weighted by atomic mass is 79.9. The number of carbonyl (C=O) groups is 1. The zero-order valence-corrected chi connectivity index (χ0v) is 14.4. The molecule has 0 aliphatic carbocycles. The molecule has 1 aromatic carbocycles. The van der Waals surface area contributed by atoms with Crippen LogP contribution in [0.1, 0.15) is 37.1 Å². The Morgan fingerprint density at radius 2 is 2.10 bits per heavy atom. The number of imidazole rings is 1. The molecule has 4 nitrogen and oxygen atoms in total. The minimum absolute atomic E-state index is 0.00854. The van der Waals surface area contributed by atoms with Gasteiger partial charge in [0.2, 0.25) is 0 Å². The number of aromatic carboxylic acids is 1. The van der Waals surface area contributed by atoms with Gasteiger partial charge >= 0.3 is 5.97 Å². The van der Waals surface area contributed by atoms with Crippen LogP contribution < -0.4 is 0 Å². The van der Waals surface area contributed by atoms with Crippen LogP contribution in [0.2, 0.25) is 5.02 Å². The van der Waals surface area contributed by atoms with Gasteiger partial charge in [0.15, 0.2) is 5.69 Å². The van der Waals surface area contributed by atoms with Gasteiger partial charge in [0.05, 0.1) is 0 Å². The second-order valence-corrected chi connectivity index (χ2v) is 7.21. The smallest absolute Gasteiger partial charge is 0.357 e. The van der Waals surface area contributed by atoms with Gasteiger partial charge in [-0.05, 0) is 39.5 Å². The summed E-state index contributed by atoms with van der Waals surface area (Å²) in [7, 11) is 0. The van der Waals surface area contributed by atoms with Crippen LogP contribution in [-0.4, -0.2) is 20.6 Å². The van der Waals surface area contributed by atoms with E-state index in [2.05, 4.69) is 41.7 Å². The van der Waals surface area contributed by atoms with E-state index in [0.717, 1.165) is 5.69 Å². The maximum absolute atomic E-state index is 11.3. The molecule has 21 heavy (non-hydrogen) atoms. The molecule has 1 N–H and O–H groups in total. The van der Waals surface area contributed by atoms with Crippen LogP contribution in [0.15, 0.2) is 28.9 Å². The second-order valence-electron chi connectivity index (χ2n) is 6.03. The molecule has 2 rings (SSSR count). The van der Waals surface area contributed by atoms with Gasteiger partial charge in [0, 0.05) is 17.1 Å². The van der Waals surface area contributed by atoms with Gasteiger partial charge in [0.1, 0.15) is 10.4 Å². The van der Waals surface area contributed by atoms with Crippen molar-refractivity contribution in [3.63, 3.8) is 0 Å². The van der Waals surface area contributed by atoms with Crippen molar-refractivity contribution in [2.75, 3.05) is 0 Å². The number of nitrogens with zero attached hydrogens (tertiary/aromatic N) is 2. The number of hydrogen-bond acceptors (Lipinski definition) is 2. The predicted octanol–water partition coefficient (Wildman–Crippen LogP) is 4.58. The van der Waals surface area contributed by atoms with Gasteiger partial charge in [-0.2, -0.15) is 0 Å². The summed E-state index contributed by atoms with van der Waals surface area (Å²) in [6, 6.07) is 7.25. The molecule has 0 aliphatic heterocycles. The van der Waals surface area contributed by atoms with Crippen molar-refractivity contribution >= 4 is 33.5 Å². The van der Waals surface area contributed by atoms with Crippen molar-refractivity contribution in [2.24, 2.45) is 5.41 Å². The van der Waals surface area contributed by atoms with Crippen LogP contribution in [0.25, 0.3) is 5.69 Å². The maximum atomic E-state index is 11.3. The molecule has 0 aliphatic rings. The van der Waals surface area contributed by atoms with E-state index in [1.165, 1.54) is 0 Å². The summed E-state index contributed by atoms with van der Waals surface area (Å²) < 4.78 is 2.22. The summed E-state index contributed by atoms with van der Waals surface area (Å²) in [4.78, 5) is 15.6. The molecule has 0 bridgehead atoms. The van der Waals surface area contributed by atoms with Crippen LogP contribution in [0.3, 0.4) is 0 Å². The summed E-state index contributed by atoms with van der Waals surface area (Å²) in [5.74, 6) is -0.369. The number of benzene rings is 1. The van der Waals surface area contributed by atoms with Crippen molar-refractivity contribution in [1.82, 2.24) is 9.55 Å². The van der Waals surface area contributed by atoms with Crippen LogP contribution in [-0.2, 0) is 6.42 Å². The molecular formula is C15H16BrClN2O2. The van der Waals surface area contributed by atoms with E-state index in [0.29, 0.717) is 21.9 Å². The fourth-order valence-electron chi connectivity index (χ4n) is 2.05. The average Bonchev–Trinajstić information content (AvgIpc) is 2.64. The Morgan fingerprint density at radius 1 is 1.43 bits per heavy atom. The third kappa shape index (κ3) is 3.66. The lowest BCUT2D eigenvalue weighted by Gasteiger charge is -2.19. The zero-order chi connectivity index (χ0) is 15.8. The van der Waals surface area contributed by atoms with E-state index in [1.807, 2.05) is 12.1 Å². The largest absolute Gasteiger partial charge is 0.476 e. The van der Waals surface area contributed by atoms with E-state index in [4.69, 9.17) is 11.6 Å². The van der Waals surface area contributed by atoms with Crippen molar-refractivity contribution in [3.05, 3.63) is 45.4 Å². The lowest BCUT2D eigenvalue weighted by Crippen LogP contribution is -2.14. The topological polar surface area (TPSA) is 55.1 Å². The van der Waals surface area contributed by atoms with Crippen molar-refractivity contribution in [3.8, 4) is 5.69 Å². The number of halogens is 2. The molecule has 112 valence electrons. The molecule has 0 radical (unpaired) electrons. The molecule has 0 amide bonds. The summed E-state index contributed by atoms with van der Waals surface area (Å²) in [5.41, 5.74) is 0.777. The molecule has 1 aromatic heterocycles. The number of carboxylic acids is 1. The van der Waals surface area contributed by atoms with E-state index in [9.17, 15) is 9.90 Å². The van der Waals surface area contributed by atoms with Crippen molar-refractivity contribution in [2.45, 2.75) is 27.2 Å². The van der Waals surface area contributed by atoms with Gasteiger partial charge in [-0.25, -0.2) is 9.78 Å². The van der Waals surface area contributed by atoms with Crippen LogP contribution in [0.5, 0.6) is 0 Å². The Morgan fingerprint density at radius 3 is 2.62 bits per heavy atom. The number of aromatic nitrogens is 2. The minimum atomic E-state index is -1.06. The summed E-state index contributed by atoms with van der Waals surface area (Å²) in [6.07, 6.45) is 0.644. The van der Waals surface area contributed by atoms with Gasteiger partial charge < -0.3 is 5.11 Å². The first-order valence-corrected chi connectivity index (χ1v) is 7.62. The quantitative estimate of drug-likeness (QED) is 0.859. The van der Waals surface area contributed by atoms with Crippen molar-refractivity contribution in [1.29, 1.82) is 0 Å².